The number of nitrogens with one attached hydrogen (secondary N) is 1. The van der Waals surface area contributed by atoms with Gasteiger partial charge in [-0.25, -0.2) is 0 Å². The molecule has 0 fully saturated rings. The molecule has 0 heterocycles. The van der Waals surface area contributed by atoms with E-state index in [1.165, 1.54) is 5.56 Å². The van der Waals surface area contributed by atoms with Crippen molar-refractivity contribution in [3.63, 3.8) is 0 Å². The average molecular weight is 273 g/mol. The predicted molar refractivity (Wildman–Crippen MR) is 79.4 cm³/mol. The molecular formula is C14H25ClN2O. The molecular weight excluding hydrogens is 248 g/mol. The summed E-state index contributed by atoms with van der Waals surface area (Å²) in [4.78, 5) is 0. The first-order valence-corrected chi connectivity index (χ1v) is 6.10. The highest BCUT2D eigenvalue weighted by atomic mass is 35.5. The molecule has 0 radical (unpaired) electrons. The zero-order valence-corrected chi connectivity index (χ0v) is 12.5. The number of hydrogen-bond donors (Lipinski definition) is 2. The quantitative estimate of drug-likeness (QED) is 0.837. The molecule has 104 valence electrons. The van der Waals surface area contributed by atoms with Crippen molar-refractivity contribution in [3.8, 4) is 5.75 Å². The fourth-order valence-corrected chi connectivity index (χ4v) is 1.56. The summed E-state index contributed by atoms with van der Waals surface area (Å²) < 4.78 is 5.13. The van der Waals surface area contributed by atoms with Gasteiger partial charge >= 0.3 is 0 Å². The van der Waals surface area contributed by atoms with Gasteiger partial charge in [-0.3, -0.25) is 0 Å². The lowest BCUT2D eigenvalue weighted by Gasteiger charge is -2.33. The third kappa shape index (κ3) is 4.48. The number of hydrogen-bond acceptors (Lipinski definition) is 3. The van der Waals surface area contributed by atoms with Crippen LogP contribution in [0.4, 0.5) is 0 Å². The van der Waals surface area contributed by atoms with E-state index >= 15 is 0 Å². The second-order valence-corrected chi connectivity index (χ2v) is 4.98. The van der Waals surface area contributed by atoms with Crippen LogP contribution in [0.1, 0.15) is 26.3 Å². The lowest BCUT2D eigenvalue weighted by molar-refractivity contribution is 0.267. The molecule has 0 amide bonds. The van der Waals surface area contributed by atoms with Crippen LogP contribution in [0.3, 0.4) is 0 Å². The Morgan fingerprint density at radius 1 is 1.28 bits per heavy atom. The van der Waals surface area contributed by atoms with Crippen LogP contribution in [0, 0.1) is 5.92 Å². The Morgan fingerprint density at radius 3 is 2.22 bits per heavy atom. The molecule has 1 atom stereocenters. The summed E-state index contributed by atoms with van der Waals surface area (Å²) in [6.07, 6.45) is 0. The first kappa shape index (κ1) is 17.2. The van der Waals surface area contributed by atoms with Crippen molar-refractivity contribution >= 4 is 12.4 Å². The van der Waals surface area contributed by atoms with Gasteiger partial charge in [0.05, 0.1) is 7.11 Å². The largest absolute Gasteiger partial charge is 0.497 e. The minimum atomic E-state index is -0.0140. The number of benzene rings is 1. The molecule has 0 aliphatic rings. The van der Waals surface area contributed by atoms with E-state index in [0.29, 0.717) is 12.5 Å². The Bertz CT molecular complexity index is 340. The standard InChI is InChI=1S/C14H24N2O.ClH/c1-11(2)14(3,10-15)16-9-12-5-7-13(17-4)8-6-12;/h5-8,11,16H,9-10,15H2,1-4H3;1H. The van der Waals surface area contributed by atoms with Gasteiger partial charge in [0.25, 0.3) is 0 Å². The van der Waals surface area contributed by atoms with E-state index in [1.54, 1.807) is 7.11 Å². The number of nitrogens with two attached hydrogens (primary N) is 1. The van der Waals surface area contributed by atoms with E-state index < -0.39 is 0 Å². The van der Waals surface area contributed by atoms with Gasteiger partial charge in [-0.05, 0) is 30.5 Å². The van der Waals surface area contributed by atoms with Gasteiger partial charge in [-0.2, -0.15) is 0 Å². The summed E-state index contributed by atoms with van der Waals surface area (Å²) >= 11 is 0. The van der Waals surface area contributed by atoms with Crippen LogP contribution >= 0.6 is 12.4 Å². The van der Waals surface area contributed by atoms with E-state index in [-0.39, 0.29) is 17.9 Å². The lowest BCUT2D eigenvalue weighted by Crippen LogP contribution is -2.52. The molecule has 4 heteroatoms. The van der Waals surface area contributed by atoms with Crippen molar-refractivity contribution in [2.24, 2.45) is 11.7 Å². The summed E-state index contributed by atoms with van der Waals surface area (Å²) in [5.74, 6) is 1.39. The minimum absolute atomic E-state index is 0. The van der Waals surface area contributed by atoms with E-state index in [4.69, 9.17) is 10.5 Å². The Hall–Kier alpha value is -0.770. The van der Waals surface area contributed by atoms with Gasteiger partial charge < -0.3 is 15.8 Å². The zero-order valence-electron chi connectivity index (χ0n) is 11.7. The predicted octanol–water partition coefficient (Wildman–Crippen LogP) is 2.58. The SMILES string of the molecule is COc1ccc(CNC(C)(CN)C(C)C)cc1.Cl. The van der Waals surface area contributed by atoms with Gasteiger partial charge in [-0.15, -0.1) is 12.4 Å². The molecule has 0 saturated heterocycles. The Morgan fingerprint density at radius 2 is 1.83 bits per heavy atom. The van der Waals surface area contributed by atoms with Crippen LogP contribution in [0.25, 0.3) is 0 Å². The molecule has 1 aromatic rings. The van der Waals surface area contributed by atoms with Crippen molar-refractivity contribution in [2.75, 3.05) is 13.7 Å². The second-order valence-electron chi connectivity index (χ2n) is 4.98. The molecule has 0 aliphatic heterocycles. The maximum Gasteiger partial charge on any atom is 0.118 e. The van der Waals surface area contributed by atoms with E-state index in [0.717, 1.165) is 12.3 Å². The van der Waals surface area contributed by atoms with Crippen LogP contribution in [0.2, 0.25) is 0 Å². The molecule has 1 unspecified atom stereocenters. The fourth-order valence-electron chi connectivity index (χ4n) is 1.56. The summed E-state index contributed by atoms with van der Waals surface area (Å²) in [7, 11) is 1.68. The molecule has 1 aromatic carbocycles. The number of methoxy groups -OCH3 is 1. The Balaban J connectivity index is 0.00000289. The number of rotatable bonds is 6. The Kier molecular flexibility index (Phi) is 7.29. The van der Waals surface area contributed by atoms with Gasteiger partial charge in [0.2, 0.25) is 0 Å². The van der Waals surface area contributed by atoms with Gasteiger partial charge in [-0.1, -0.05) is 26.0 Å². The van der Waals surface area contributed by atoms with Crippen molar-refractivity contribution < 1.29 is 4.74 Å². The van der Waals surface area contributed by atoms with Crippen molar-refractivity contribution in [3.05, 3.63) is 29.8 Å². The summed E-state index contributed by atoms with van der Waals surface area (Å²) in [6.45, 7) is 8.01. The third-order valence-corrected chi connectivity index (χ3v) is 3.55. The number of halogens is 1. The van der Waals surface area contributed by atoms with Crippen LogP contribution in [0.15, 0.2) is 24.3 Å². The molecule has 3 nitrogen and oxygen atoms in total. The third-order valence-electron chi connectivity index (χ3n) is 3.55. The summed E-state index contributed by atoms with van der Waals surface area (Å²) in [5, 5.41) is 3.53. The highest BCUT2D eigenvalue weighted by molar-refractivity contribution is 5.85. The normalized spacial score (nSPS) is 13.9. The van der Waals surface area contributed by atoms with Gasteiger partial charge in [0.1, 0.15) is 5.75 Å². The zero-order chi connectivity index (χ0) is 12.9. The van der Waals surface area contributed by atoms with Crippen LogP contribution in [-0.4, -0.2) is 19.2 Å². The first-order valence-electron chi connectivity index (χ1n) is 6.10. The van der Waals surface area contributed by atoms with Crippen molar-refractivity contribution in [1.29, 1.82) is 0 Å². The first-order chi connectivity index (χ1) is 8.01. The van der Waals surface area contributed by atoms with Crippen LogP contribution < -0.4 is 15.8 Å². The molecule has 0 spiro atoms. The second kappa shape index (κ2) is 7.62. The lowest BCUT2D eigenvalue weighted by atomic mass is 9.88. The topological polar surface area (TPSA) is 47.3 Å². The monoisotopic (exact) mass is 272 g/mol. The highest BCUT2D eigenvalue weighted by Gasteiger charge is 2.25. The maximum absolute atomic E-state index is 5.84. The minimum Gasteiger partial charge on any atom is -0.497 e. The van der Waals surface area contributed by atoms with E-state index in [1.807, 2.05) is 12.1 Å². The molecule has 0 aromatic heterocycles. The van der Waals surface area contributed by atoms with E-state index in [2.05, 4.69) is 38.2 Å². The molecule has 0 saturated carbocycles. The Labute approximate surface area is 117 Å². The highest BCUT2D eigenvalue weighted by Crippen LogP contribution is 2.17. The number of ether oxygens (including phenoxy) is 1. The van der Waals surface area contributed by atoms with Crippen LogP contribution in [-0.2, 0) is 6.54 Å². The maximum atomic E-state index is 5.84. The van der Waals surface area contributed by atoms with Gasteiger partial charge in [0.15, 0.2) is 0 Å². The molecule has 1 rings (SSSR count). The van der Waals surface area contributed by atoms with Crippen molar-refractivity contribution in [1.82, 2.24) is 5.32 Å². The molecule has 3 N–H and O–H groups in total. The summed E-state index contributed by atoms with van der Waals surface area (Å²) in [6, 6.07) is 8.10. The smallest absolute Gasteiger partial charge is 0.118 e. The van der Waals surface area contributed by atoms with Crippen molar-refractivity contribution in [2.45, 2.75) is 32.9 Å². The fraction of sp³-hybridized carbons (Fsp3) is 0.571. The average Bonchev–Trinajstić information content (AvgIpc) is 2.36. The molecule has 0 aliphatic carbocycles. The molecule has 18 heavy (non-hydrogen) atoms. The van der Waals surface area contributed by atoms with Gasteiger partial charge in [0, 0.05) is 18.6 Å². The van der Waals surface area contributed by atoms with Crippen LogP contribution in [0.5, 0.6) is 5.75 Å². The van der Waals surface area contributed by atoms with E-state index in [9.17, 15) is 0 Å². The molecule has 0 bridgehead atoms. The summed E-state index contributed by atoms with van der Waals surface area (Å²) in [5.41, 5.74) is 7.06.